The van der Waals surface area contributed by atoms with Crippen LogP contribution in [0.1, 0.15) is 0 Å². The van der Waals surface area contributed by atoms with Gasteiger partial charge in [0, 0.05) is 0 Å². The van der Waals surface area contributed by atoms with Crippen molar-refractivity contribution in [1.29, 1.82) is 0 Å². The van der Waals surface area contributed by atoms with Crippen molar-refractivity contribution in [3.05, 3.63) is 0 Å². The third-order valence-corrected chi connectivity index (χ3v) is 0. The zero-order chi connectivity index (χ0) is 3.58. The van der Waals surface area contributed by atoms with Crippen molar-refractivity contribution in [2.24, 2.45) is 0 Å². The molecule has 0 N–H and O–H groups in total. The zero-order valence-electron chi connectivity index (χ0n) is 2.72. The van der Waals surface area contributed by atoms with Crippen LogP contribution < -0.4 is 0 Å². The standard InChI is InChI=1S/Mn.H2O3S.H3P/c;1-4(2)3;/h;(H2,1,2,3);1H3/q+2;;/p-2. The van der Waals surface area contributed by atoms with Crippen molar-refractivity contribution in [3.63, 3.8) is 0 Å². The van der Waals surface area contributed by atoms with E-state index < -0.39 is 11.4 Å². The van der Waals surface area contributed by atoms with Gasteiger partial charge in [0.1, 0.15) is 0 Å². The predicted molar refractivity (Wildman–Crippen MR) is 20.8 cm³/mol. The van der Waals surface area contributed by atoms with E-state index in [-0.39, 0.29) is 27.0 Å². The summed E-state index contributed by atoms with van der Waals surface area (Å²) in [5.74, 6) is 0. The second kappa shape index (κ2) is 9.39. The first kappa shape index (κ1) is 15.7. The molecule has 0 spiro atoms. The van der Waals surface area contributed by atoms with E-state index >= 15 is 0 Å². The average Bonchev–Trinajstić information content (AvgIpc) is 0.811. The molecule has 0 aromatic carbocycles. The van der Waals surface area contributed by atoms with E-state index in [0.717, 1.165) is 0 Å². The fourth-order valence-electron chi connectivity index (χ4n) is 0. The summed E-state index contributed by atoms with van der Waals surface area (Å²) < 4.78 is 25.3. The van der Waals surface area contributed by atoms with Crippen LogP contribution >= 0.6 is 9.90 Å². The van der Waals surface area contributed by atoms with Crippen LogP contribution in [0.2, 0.25) is 0 Å². The summed E-state index contributed by atoms with van der Waals surface area (Å²) >= 11 is -3.11. The SMILES string of the molecule is O=S([O-])[O-].P.[Mn+2]. The van der Waals surface area contributed by atoms with Crippen LogP contribution in [0.15, 0.2) is 0 Å². The Bertz CT molecular complexity index is 33.8. The Hall–Kier alpha value is 1.02. The Morgan fingerprint density at radius 3 is 1.33 bits per heavy atom. The minimum atomic E-state index is -3.11. The van der Waals surface area contributed by atoms with Gasteiger partial charge in [-0.15, -0.1) is 11.4 Å². The van der Waals surface area contributed by atoms with Gasteiger partial charge < -0.3 is 9.11 Å². The minimum absolute atomic E-state index is 0. The van der Waals surface area contributed by atoms with Crippen LogP contribution in [0.3, 0.4) is 0 Å². The summed E-state index contributed by atoms with van der Waals surface area (Å²) in [6, 6.07) is 0. The molecular weight excluding hydrogens is 166 g/mol. The molecule has 0 aliphatic carbocycles. The van der Waals surface area contributed by atoms with Gasteiger partial charge in [0.25, 0.3) is 0 Å². The topological polar surface area (TPSA) is 63.2 Å². The maximum atomic E-state index is 8.44. The molecule has 0 aliphatic rings. The van der Waals surface area contributed by atoms with E-state index in [1.54, 1.807) is 0 Å². The molecule has 0 aliphatic heterocycles. The van der Waals surface area contributed by atoms with Crippen molar-refractivity contribution < 1.29 is 30.4 Å². The first-order chi connectivity index (χ1) is 1.73. The largest absolute Gasteiger partial charge is 2.00 e. The molecular formula is H3MnO3PS. The molecule has 6 heavy (non-hydrogen) atoms. The number of rotatable bonds is 0. The van der Waals surface area contributed by atoms with Gasteiger partial charge in [-0.1, -0.05) is 0 Å². The molecule has 0 amide bonds. The first-order valence-corrected chi connectivity index (χ1v) is 1.50. The first-order valence-electron chi connectivity index (χ1n) is 0.500. The van der Waals surface area contributed by atoms with Crippen LogP contribution in [0, 0.1) is 0 Å². The third kappa shape index (κ3) is 78.0. The van der Waals surface area contributed by atoms with E-state index in [4.69, 9.17) is 13.3 Å². The maximum Gasteiger partial charge on any atom is 2.00 e. The summed E-state index contributed by atoms with van der Waals surface area (Å²) in [7, 11) is 0. The molecule has 6 heteroatoms. The van der Waals surface area contributed by atoms with Crippen molar-refractivity contribution in [3.8, 4) is 0 Å². The monoisotopic (exact) mass is 169 g/mol. The van der Waals surface area contributed by atoms with Gasteiger partial charge in [0.15, 0.2) is 0 Å². The molecule has 0 heterocycles. The van der Waals surface area contributed by atoms with E-state index in [1.807, 2.05) is 0 Å². The molecule has 1 atom stereocenters. The summed E-state index contributed by atoms with van der Waals surface area (Å²) in [5, 5.41) is 0. The molecule has 0 fully saturated rings. The fraction of sp³-hybridized carbons (Fsp3) is 0. The second-order valence-corrected chi connectivity index (χ2v) is 0.612. The molecule has 0 bridgehead atoms. The van der Waals surface area contributed by atoms with Gasteiger partial charge in [-0.05, 0) is 0 Å². The molecule has 39 valence electrons. The predicted octanol–water partition coefficient (Wildman–Crippen LogP) is -0.948. The molecule has 0 saturated carbocycles. The quantitative estimate of drug-likeness (QED) is 0.267. The molecule has 0 rings (SSSR count). The average molecular weight is 169 g/mol. The summed E-state index contributed by atoms with van der Waals surface area (Å²) in [5.41, 5.74) is 0. The van der Waals surface area contributed by atoms with Crippen molar-refractivity contribution >= 4 is 21.3 Å². The summed E-state index contributed by atoms with van der Waals surface area (Å²) in [4.78, 5) is 0. The van der Waals surface area contributed by atoms with E-state index in [0.29, 0.717) is 0 Å². The van der Waals surface area contributed by atoms with E-state index in [9.17, 15) is 0 Å². The Labute approximate surface area is 52.1 Å². The van der Waals surface area contributed by atoms with Crippen LogP contribution in [0.5, 0.6) is 0 Å². The molecule has 0 saturated heterocycles. The molecule has 0 aromatic heterocycles. The Kier molecular flexibility index (Phi) is 24.6. The molecule has 1 radical (unpaired) electrons. The Balaban J connectivity index is -0.0000000450. The van der Waals surface area contributed by atoms with Crippen molar-refractivity contribution in [1.82, 2.24) is 0 Å². The minimum Gasteiger partial charge on any atom is -0.784 e. The van der Waals surface area contributed by atoms with Crippen LogP contribution in [-0.4, -0.2) is 13.3 Å². The van der Waals surface area contributed by atoms with Crippen molar-refractivity contribution in [2.45, 2.75) is 0 Å². The molecule has 3 nitrogen and oxygen atoms in total. The van der Waals surface area contributed by atoms with Gasteiger partial charge >= 0.3 is 17.1 Å². The van der Waals surface area contributed by atoms with Crippen molar-refractivity contribution in [2.75, 3.05) is 0 Å². The molecule has 0 aromatic rings. The summed E-state index contributed by atoms with van der Waals surface area (Å²) in [6.45, 7) is 0. The van der Waals surface area contributed by atoms with Gasteiger partial charge in [-0.2, -0.15) is 9.90 Å². The van der Waals surface area contributed by atoms with Crippen LogP contribution in [0.25, 0.3) is 0 Å². The molecule has 1 unspecified atom stereocenters. The number of hydrogen-bond donors (Lipinski definition) is 0. The van der Waals surface area contributed by atoms with Gasteiger partial charge in [-0.25, -0.2) is 0 Å². The van der Waals surface area contributed by atoms with Crippen LogP contribution in [-0.2, 0) is 28.4 Å². The zero-order valence-corrected chi connectivity index (χ0v) is 6.13. The Morgan fingerprint density at radius 2 is 1.33 bits per heavy atom. The van der Waals surface area contributed by atoms with Gasteiger partial charge in [-0.3, -0.25) is 4.21 Å². The normalized spacial score (nSPS) is 5.83. The van der Waals surface area contributed by atoms with Gasteiger partial charge in [0.2, 0.25) is 0 Å². The smallest absolute Gasteiger partial charge is 0.784 e. The summed E-state index contributed by atoms with van der Waals surface area (Å²) in [6.07, 6.45) is 0. The van der Waals surface area contributed by atoms with E-state index in [1.165, 1.54) is 0 Å². The fourth-order valence-corrected chi connectivity index (χ4v) is 0. The Morgan fingerprint density at radius 1 is 1.33 bits per heavy atom. The number of hydrogen-bond acceptors (Lipinski definition) is 3. The van der Waals surface area contributed by atoms with Crippen LogP contribution in [0.4, 0.5) is 0 Å². The third-order valence-electron chi connectivity index (χ3n) is 0. The van der Waals surface area contributed by atoms with E-state index in [2.05, 4.69) is 0 Å². The second-order valence-electron chi connectivity index (χ2n) is 0.204. The maximum absolute atomic E-state index is 8.44. The van der Waals surface area contributed by atoms with Gasteiger partial charge in [0.05, 0.1) is 0 Å².